The number of amides is 1. The van der Waals surface area contributed by atoms with Crippen molar-refractivity contribution in [2.75, 3.05) is 18.2 Å². The Morgan fingerprint density at radius 3 is 2.56 bits per heavy atom. The fraction of sp³-hybridized carbons (Fsp3) is 0.375. The second-order valence-electron chi connectivity index (χ2n) is 7.73. The molecule has 0 atom stereocenters. The van der Waals surface area contributed by atoms with Crippen LogP contribution < -0.4 is 14.8 Å². The van der Waals surface area contributed by atoms with Crippen molar-refractivity contribution in [2.45, 2.75) is 45.5 Å². The van der Waals surface area contributed by atoms with Gasteiger partial charge < -0.3 is 19.4 Å². The van der Waals surface area contributed by atoms with Crippen LogP contribution in [0.3, 0.4) is 0 Å². The Bertz CT molecular complexity index is 1020. The molecule has 3 aromatic rings. The first-order valence-corrected chi connectivity index (χ1v) is 11.7. The molecule has 170 valence electrons. The fourth-order valence-corrected chi connectivity index (χ4v) is 3.88. The molecule has 1 aromatic heterocycles. The molecule has 0 saturated carbocycles. The molecule has 0 saturated heterocycles. The number of nitrogens with one attached hydrogen (secondary N) is 1. The molecule has 2 aromatic carbocycles. The molecule has 0 aliphatic heterocycles. The zero-order chi connectivity index (χ0) is 22.9. The largest absolute Gasteiger partial charge is 0.495 e. The molecule has 0 aliphatic rings. The maximum absolute atomic E-state index is 12.5. The lowest BCUT2D eigenvalue weighted by molar-refractivity contribution is -0.113. The maximum atomic E-state index is 12.5. The van der Waals surface area contributed by atoms with Gasteiger partial charge in [0.25, 0.3) is 0 Å². The molecule has 0 fully saturated rings. The second kappa shape index (κ2) is 11.6. The molecule has 8 heteroatoms. The maximum Gasteiger partial charge on any atom is 0.234 e. The topological polar surface area (TPSA) is 78.3 Å². The van der Waals surface area contributed by atoms with E-state index >= 15 is 0 Å². The number of carbonyl (C=O) groups is 1. The number of hydrogen-bond donors (Lipinski definition) is 1. The minimum absolute atomic E-state index is 0.132. The predicted molar refractivity (Wildman–Crippen MR) is 127 cm³/mol. The van der Waals surface area contributed by atoms with Crippen molar-refractivity contribution in [1.29, 1.82) is 0 Å². The number of aromatic nitrogens is 3. The molecule has 1 N–H and O–H groups in total. The van der Waals surface area contributed by atoms with Gasteiger partial charge in [0.05, 0.1) is 18.6 Å². The van der Waals surface area contributed by atoms with Crippen LogP contribution in [0.2, 0.25) is 0 Å². The lowest BCUT2D eigenvalue weighted by atomic mass is 10.2. The molecule has 1 amide bonds. The number of benzene rings is 2. The lowest BCUT2D eigenvalue weighted by Gasteiger charge is -2.13. The summed E-state index contributed by atoms with van der Waals surface area (Å²) in [5, 5.41) is 12.2. The van der Waals surface area contributed by atoms with Crippen molar-refractivity contribution in [1.82, 2.24) is 14.8 Å². The van der Waals surface area contributed by atoms with Crippen LogP contribution in [0.15, 0.2) is 53.7 Å². The van der Waals surface area contributed by atoms with Gasteiger partial charge in [-0.05, 0) is 42.2 Å². The second-order valence-corrected chi connectivity index (χ2v) is 8.67. The van der Waals surface area contributed by atoms with Crippen LogP contribution in [0.1, 0.15) is 32.2 Å². The highest BCUT2D eigenvalue weighted by atomic mass is 32.2. The Hall–Kier alpha value is -3.00. The lowest BCUT2D eigenvalue weighted by Crippen LogP contribution is -2.16. The summed E-state index contributed by atoms with van der Waals surface area (Å²) in [7, 11) is 1.58. The Kier molecular flexibility index (Phi) is 8.56. The van der Waals surface area contributed by atoms with Crippen LogP contribution in [-0.4, -0.2) is 33.5 Å². The first kappa shape index (κ1) is 23.7. The summed E-state index contributed by atoms with van der Waals surface area (Å²) >= 11 is 1.36. The number of hydrogen-bond acceptors (Lipinski definition) is 6. The number of methoxy groups -OCH3 is 1. The first-order chi connectivity index (χ1) is 15.5. The van der Waals surface area contributed by atoms with E-state index in [0.717, 1.165) is 24.5 Å². The number of aryl methyl sites for hydroxylation is 1. The highest BCUT2D eigenvalue weighted by Gasteiger charge is 2.16. The molecule has 0 bridgehead atoms. The third kappa shape index (κ3) is 6.50. The van der Waals surface area contributed by atoms with E-state index in [0.29, 0.717) is 29.1 Å². The summed E-state index contributed by atoms with van der Waals surface area (Å²) in [5.41, 5.74) is 1.91. The minimum atomic E-state index is -0.132. The quantitative estimate of drug-likeness (QED) is 0.419. The van der Waals surface area contributed by atoms with Gasteiger partial charge in [-0.3, -0.25) is 4.79 Å². The summed E-state index contributed by atoms with van der Waals surface area (Å²) in [6.07, 6.45) is 0.994. The van der Waals surface area contributed by atoms with Crippen LogP contribution in [0.25, 0.3) is 0 Å². The smallest absolute Gasteiger partial charge is 0.234 e. The molecule has 0 unspecified atom stereocenters. The zero-order valence-electron chi connectivity index (χ0n) is 19.0. The van der Waals surface area contributed by atoms with Crippen LogP contribution in [0.4, 0.5) is 5.69 Å². The summed E-state index contributed by atoms with van der Waals surface area (Å²) in [5.74, 6) is 2.65. The first-order valence-electron chi connectivity index (χ1n) is 10.7. The van der Waals surface area contributed by atoms with Gasteiger partial charge in [-0.25, -0.2) is 0 Å². The van der Waals surface area contributed by atoms with E-state index in [1.54, 1.807) is 7.11 Å². The molecule has 32 heavy (non-hydrogen) atoms. The van der Waals surface area contributed by atoms with E-state index in [1.807, 2.05) is 41.0 Å². The minimum Gasteiger partial charge on any atom is -0.495 e. The van der Waals surface area contributed by atoms with Gasteiger partial charge in [0.1, 0.15) is 18.1 Å². The van der Waals surface area contributed by atoms with E-state index in [9.17, 15) is 4.79 Å². The highest BCUT2D eigenvalue weighted by Crippen LogP contribution is 2.24. The van der Waals surface area contributed by atoms with Gasteiger partial charge in [-0.1, -0.05) is 56.8 Å². The van der Waals surface area contributed by atoms with Crippen LogP contribution in [0, 0.1) is 5.92 Å². The zero-order valence-corrected chi connectivity index (χ0v) is 19.8. The van der Waals surface area contributed by atoms with E-state index < -0.39 is 0 Å². The van der Waals surface area contributed by atoms with Gasteiger partial charge in [0, 0.05) is 6.54 Å². The van der Waals surface area contributed by atoms with Gasteiger partial charge in [-0.15, -0.1) is 10.2 Å². The summed E-state index contributed by atoms with van der Waals surface area (Å²) in [6.45, 7) is 7.46. The molecule has 0 radical (unpaired) electrons. The molecule has 0 aliphatic carbocycles. The van der Waals surface area contributed by atoms with Gasteiger partial charge in [0.2, 0.25) is 5.91 Å². The molecular formula is C24H30N4O3S. The third-order valence-corrected chi connectivity index (χ3v) is 5.72. The van der Waals surface area contributed by atoms with Crippen LogP contribution in [-0.2, 0) is 24.4 Å². The molecular weight excluding hydrogens is 424 g/mol. The van der Waals surface area contributed by atoms with E-state index in [2.05, 4.69) is 48.4 Å². The number of carbonyl (C=O) groups excluding carboxylic acids is 1. The summed E-state index contributed by atoms with van der Waals surface area (Å²) < 4.78 is 13.3. The number of nitrogens with zero attached hydrogens (tertiary/aromatic N) is 3. The Balaban J connectivity index is 1.64. The van der Waals surface area contributed by atoms with Crippen LogP contribution in [0.5, 0.6) is 11.5 Å². The average molecular weight is 455 g/mol. The van der Waals surface area contributed by atoms with Crippen LogP contribution >= 0.6 is 11.8 Å². The standard InChI is InChI=1S/C24H30N4O3S/c1-5-18-10-12-19(13-11-18)31-15-22-26-27-24(28(22)14-17(2)3)32-16-23(29)25-20-8-6-7-9-21(20)30-4/h6-13,17H,5,14-16H2,1-4H3,(H,25,29). The van der Waals surface area contributed by atoms with Crippen molar-refractivity contribution in [3.63, 3.8) is 0 Å². The highest BCUT2D eigenvalue weighted by molar-refractivity contribution is 7.99. The van der Waals surface area contributed by atoms with Crippen molar-refractivity contribution >= 4 is 23.4 Å². The Morgan fingerprint density at radius 2 is 1.88 bits per heavy atom. The van der Waals surface area contributed by atoms with Crippen molar-refractivity contribution in [3.8, 4) is 11.5 Å². The number of rotatable bonds is 11. The average Bonchev–Trinajstić information content (AvgIpc) is 3.17. The van der Waals surface area contributed by atoms with E-state index in [4.69, 9.17) is 9.47 Å². The summed E-state index contributed by atoms with van der Waals surface area (Å²) in [6, 6.07) is 15.4. The number of anilines is 1. The third-order valence-electron chi connectivity index (χ3n) is 4.75. The summed E-state index contributed by atoms with van der Waals surface area (Å²) in [4.78, 5) is 12.5. The SMILES string of the molecule is CCc1ccc(OCc2nnc(SCC(=O)Nc3ccccc3OC)n2CC(C)C)cc1. The van der Waals surface area contributed by atoms with Gasteiger partial charge >= 0.3 is 0 Å². The Morgan fingerprint density at radius 1 is 1.12 bits per heavy atom. The monoisotopic (exact) mass is 454 g/mol. The molecule has 1 heterocycles. The van der Waals surface area contributed by atoms with Gasteiger partial charge in [-0.2, -0.15) is 0 Å². The van der Waals surface area contributed by atoms with Crippen molar-refractivity contribution in [2.24, 2.45) is 5.92 Å². The number of thioether (sulfide) groups is 1. The predicted octanol–water partition coefficient (Wildman–Crippen LogP) is 4.81. The molecule has 0 spiro atoms. The normalized spacial score (nSPS) is 10.9. The van der Waals surface area contributed by atoms with Gasteiger partial charge in [0.15, 0.2) is 11.0 Å². The Labute approximate surface area is 193 Å². The van der Waals surface area contributed by atoms with Crippen molar-refractivity contribution in [3.05, 3.63) is 59.9 Å². The van der Waals surface area contributed by atoms with Crippen molar-refractivity contribution < 1.29 is 14.3 Å². The fourth-order valence-electron chi connectivity index (χ4n) is 3.11. The molecule has 3 rings (SSSR count). The van der Waals surface area contributed by atoms with E-state index in [-0.39, 0.29) is 11.7 Å². The number of ether oxygens (including phenoxy) is 2. The molecule has 7 nitrogen and oxygen atoms in total. The number of para-hydroxylation sites is 2. The van der Waals surface area contributed by atoms with E-state index in [1.165, 1.54) is 17.3 Å².